The first-order chi connectivity index (χ1) is 13.1. The van der Waals surface area contributed by atoms with Gasteiger partial charge >= 0.3 is 5.69 Å². The van der Waals surface area contributed by atoms with Crippen LogP contribution in [0.2, 0.25) is 0 Å². The Hall–Kier alpha value is -2.21. The Kier molecular flexibility index (Phi) is 17.2. The second-order valence-corrected chi connectivity index (χ2v) is 5.55. The van der Waals surface area contributed by atoms with E-state index >= 15 is 0 Å². The summed E-state index contributed by atoms with van der Waals surface area (Å²) >= 11 is 1.78. The average Bonchev–Trinajstić information content (AvgIpc) is 3.04. The first kappa shape index (κ1) is 27.0. The molecular weight excluding hydrogens is 356 g/mol. The molecule has 5 nitrogen and oxygen atoms in total. The Morgan fingerprint density at radius 1 is 1.22 bits per heavy atom. The fourth-order valence-electron chi connectivity index (χ4n) is 2.13. The van der Waals surface area contributed by atoms with Crippen LogP contribution in [0.25, 0.3) is 17.1 Å². The molecule has 0 saturated carbocycles. The largest absolute Gasteiger partial charge is 0.373 e. The summed E-state index contributed by atoms with van der Waals surface area (Å²) in [7, 11) is 1.79. The van der Waals surface area contributed by atoms with Crippen molar-refractivity contribution in [2.45, 2.75) is 40.7 Å². The van der Waals surface area contributed by atoms with Gasteiger partial charge < -0.3 is 10.3 Å². The highest BCUT2D eigenvalue weighted by atomic mass is 32.2. The van der Waals surface area contributed by atoms with E-state index in [1.165, 1.54) is 0 Å². The molecule has 2 aromatic rings. The van der Waals surface area contributed by atoms with Gasteiger partial charge in [0, 0.05) is 24.9 Å². The first-order valence-electron chi connectivity index (χ1n) is 9.26. The number of imidazole rings is 1. The van der Waals surface area contributed by atoms with Gasteiger partial charge in [-0.15, -0.1) is 13.2 Å². The smallest absolute Gasteiger partial charge is 0.326 e. The van der Waals surface area contributed by atoms with Crippen molar-refractivity contribution in [2.75, 3.05) is 24.4 Å². The van der Waals surface area contributed by atoms with E-state index in [-0.39, 0.29) is 5.69 Å². The third-order valence-corrected chi connectivity index (χ3v) is 3.70. The lowest BCUT2D eigenvalue weighted by atomic mass is 10.2. The van der Waals surface area contributed by atoms with Crippen LogP contribution < -0.4 is 11.0 Å². The Balaban J connectivity index is 0. The van der Waals surface area contributed by atoms with E-state index in [1.807, 2.05) is 33.8 Å². The molecule has 27 heavy (non-hydrogen) atoms. The summed E-state index contributed by atoms with van der Waals surface area (Å²) in [5, 5.41) is 3.00. The van der Waals surface area contributed by atoms with Crippen molar-refractivity contribution in [3.63, 3.8) is 0 Å². The van der Waals surface area contributed by atoms with Crippen LogP contribution in [-0.4, -0.2) is 33.6 Å². The van der Waals surface area contributed by atoms with Crippen LogP contribution in [-0.2, 0) is 6.54 Å². The quantitative estimate of drug-likeness (QED) is 0.604. The van der Waals surface area contributed by atoms with Crippen LogP contribution in [0.4, 0.5) is 5.82 Å². The minimum atomic E-state index is -0.134. The summed E-state index contributed by atoms with van der Waals surface area (Å²) in [6.07, 6.45) is 9.84. The summed E-state index contributed by atoms with van der Waals surface area (Å²) < 4.78 is 1.69. The number of thioether (sulfide) groups is 1. The molecule has 0 aliphatic rings. The fourth-order valence-corrected chi connectivity index (χ4v) is 2.36. The number of anilines is 1. The monoisotopic (exact) mass is 392 g/mol. The molecule has 0 amide bonds. The van der Waals surface area contributed by atoms with Crippen LogP contribution in [0.3, 0.4) is 0 Å². The molecule has 2 heterocycles. The fraction of sp³-hybridized carbons (Fsp3) is 0.429. The zero-order valence-corrected chi connectivity index (χ0v) is 18.6. The highest BCUT2D eigenvalue weighted by Gasteiger charge is 2.12. The van der Waals surface area contributed by atoms with Crippen molar-refractivity contribution in [1.29, 1.82) is 0 Å². The van der Waals surface area contributed by atoms with E-state index in [9.17, 15) is 4.79 Å². The predicted octanol–water partition coefficient (Wildman–Crippen LogP) is 5.57. The summed E-state index contributed by atoms with van der Waals surface area (Å²) in [5.41, 5.74) is 2.25. The third-order valence-electron chi connectivity index (χ3n) is 3.13. The highest BCUT2D eigenvalue weighted by Crippen LogP contribution is 2.23. The number of H-pyrrole nitrogens is 1. The molecule has 2 aromatic heterocycles. The number of nitrogens with zero attached hydrogens (tertiary/aromatic N) is 2. The second-order valence-electron chi connectivity index (χ2n) is 4.64. The number of aromatic amines is 1. The number of nitrogens with one attached hydrogen (secondary N) is 2. The molecule has 0 aliphatic carbocycles. The van der Waals surface area contributed by atoms with Crippen molar-refractivity contribution in [3.05, 3.63) is 54.1 Å². The molecule has 0 unspecified atom stereocenters. The number of hydrogen-bond donors (Lipinski definition) is 2. The van der Waals surface area contributed by atoms with Gasteiger partial charge in [0.2, 0.25) is 0 Å². The molecule has 0 bridgehead atoms. The minimum absolute atomic E-state index is 0.134. The lowest BCUT2D eigenvalue weighted by Gasteiger charge is -2.08. The second kappa shape index (κ2) is 17.2. The third kappa shape index (κ3) is 8.35. The van der Waals surface area contributed by atoms with Crippen molar-refractivity contribution >= 4 is 34.7 Å². The molecule has 152 valence electrons. The minimum Gasteiger partial charge on any atom is -0.373 e. The topological polar surface area (TPSA) is 62.7 Å². The number of allylic oxidation sites excluding steroid dienone is 1. The standard InChI is InChI=1S/C13H16N4O.C4H8S.2C2H6/c1-4-6-7-17-11-9(5-2)12(14-3)15-8-10(11)16-13(17)18;1-3-4-5-2;2*1-2/h4-5,8H,1-2,6-7H2,3H3,(H,14,15)(H,16,18);3H,1,4H2,2H3;2*1-2H3. The summed E-state index contributed by atoms with van der Waals surface area (Å²) in [5.74, 6) is 1.78. The summed E-state index contributed by atoms with van der Waals surface area (Å²) in [4.78, 5) is 18.9. The van der Waals surface area contributed by atoms with Crippen molar-refractivity contribution in [3.8, 4) is 0 Å². The van der Waals surface area contributed by atoms with E-state index < -0.39 is 0 Å². The molecule has 0 fully saturated rings. The van der Waals surface area contributed by atoms with Gasteiger partial charge in [-0.2, -0.15) is 11.8 Å². The Labute approximate surface area is 168 Å². The highest BCUT2D eigenvalue weighted by molar-refractivity contribution is 7.98. The van der Waals surface area contributed by atoms with Gasteiger partial charge in [0.1, 0.15) is 5.82 Å². The first-order valence-corrected chi connectivity index (χ1v) is 10.7. The van der Waals surface area contributed by atoms with Crippen LogP contribution in [0.5, 0.6) is 0 Å². The van der Waals surface area contributed by atoms with E-state index in [1.54, 1.807) is 41.7 Å². The zero-order valence-electron chi connectivity index (χ0n) is 17.8. The van der Waals surface area contributed by atoms with Crippen molar-refractivity contribution < 1.29 is 0 Å². The van der Waals surface area contributed by atoms with Gasteiger partial charge in [-0.05, 0) is 12.7 Å². The van der Waals surface area contributed by atoms with Gasteiger partial charge in [0.05, 0.1) is 17.2 Å². The lowest BCUT2D eigenvalue weighted by Crippen LogP contribution is -2.16. The molecule has 0 aliphatic heterocycles. The molecule has 6 heteroatoms. The number of aromatic nitrogens is 3. The van der Waals surface area contributed by atoms with Gasteiger partial charge in [0.25, 0.3) is 0 Å². The maximum atomic E-state index is 11.9. The number of hydrogen-bond acceptors (Lipinski definition) is 4. The molecule has 2 rings (SSSR count). The van der Waals surface area contributed by atoms with Crippen molar-refractivity contribution in [2.24, 2.45) is 0 Å². The van der Waals surface area contributed by atoms with E-state index in [4.69, 9.17) is 0 Å². The van der Waals surface area contributed by atoms with Crippen LogP contribution in [0.1, 0.15) is 39.7 Å². The molecule has 0 radical (unpaired) electrons. The Bertz CT molecular complexity index is 732. The molecular formula is C21H36N4OS. The predicted molar refractivity (Wildman–Crippen MR) is 126 cm³/mol. The Morgan fingerprint density at radius 3 is 2.26 bits per heavy atom. The molecule has 0 atom stereocenters. The number of aryl methyl sites for hydroxylation is 1. The van der Waals surface area contributed by atoms with Gasteiger partial charge in [-0.1, -0.05) is 52.5 Å². The molecule has 0 spiro atoms. The zero-order chi connectivity index (χ0) is 21.2. The molecule has 2 N–H and O–H groups in total. The van der Waals surface area contributed by atoms with Gasteiger partial charge in [-0.3, -0.25) is 4.57 Å². The van der Waals surface area contributed by atoms with Crippen molar-refractivity contribution in [1.82, 2.24) is 14.5 Å². The maximum Gasteiger partial charge on any atom is 0.326 e. The maximum absolute atomic E-state index is 11.9. The number of rotatable bonds is 7. The van der Waals surface area contributed by atoms with E-state index in [0.29, 0.717) is 12.4 Å². The van der Waals surface area contributed by atoms with Crippen LogP contribution in [0, 0.1) is 0 Å². The van der Waals surface area contributed by atoms with Crippen LogP contribution in [0.15, 0.2) is 42.9 Å². The number of fused-ring (bicyclic) bond motifs is 1. The Morgan fingerprint density at radius 2 is 1.85 bits per heavy atom. The molecule has 0 aromatic carbocycles. The van der Waals surface area contributed by atoms with Gasteiger partial charge in [-0.25, -0.2) is 9.78 Å². The van der Waals surface area contributed by atoms with Crippen LogP contribution >= 0.6 is 11.8 Å². The average molecular weight is 393 g/mol. The number of pyridine rings is 1. The normalized spacial score (nSPS) is 8.81. The van der Waals surface area contributed by atoms with E-state index in [2.05, 4.69) is 41.3 Å². The SMILES string of the molecule is C=CCCn1c(=O)[nH]c2cnc(NC)c(C=C)c21.C=CCSC.CC.CC. The summed E-state index contributed by atoms with van der Waals surface area (Å²) in [6.45, 7) is 19.6. The van der Waals surface area contributed by atoms with Gasteiger partial charge in [0.15, 0.2) is 0 Å². The lowest BCUT2D eigenvalue weighted by molar-refractivity contribution is 0.704. The summed E-state index contributed by atoms with van der Waals surface area (Å²) in [6, 6.07) is 0. The molecule has 0 saturated heterocycles. The van der Waals surface area contributed by atoms with E-state index in [0.717, 1.165) is 28.8 Å².